The molecule has 0 saturated carbocycles. The Morgan fingerprint density at radius 1 is 1.17 bits per heavy atom. The number of hydrogen-bond acceptors (Lipinski definition) is 4. The predicted molar refractivity (Wildman–Crippen MR) is 94.8 cm³/mol. The monoisotopic (exact) mass is 327 g/mol. The molecule has 6 heteroatoms. The van der Waals surface area contributed by atoms with Crippen molar-refractivity contribution in [3.05, 3.63) is 48.3 Å². The van der Waals surface area contributed by atoms with Crippen molar-refractivity contribution >= 4 is 11.9 Å². The van der Waals surface area contributed by atoms with Gasteiger partial charge in [0, 0.05) is 51.7 Å². The lowest BCUT2D eigenvalue weighted by Crippen LogP contribution is -2.50. The number of nitrogens with one attached hydrogen (secondary N) is 1. The maximum Gasteiger partial charge on any atom is 0.234 e. The van der Waals surface area contributed by atoms with E-state index in [1.165, 1.54) is 0 Å². The largest absolute Gasteiger partial charge is 0.351 e. The Labute approximate surface area is 143 Å². The number of amides is 1. The number of nitrogens with zero attached hydrogens (tertiary/aromatic N) is 4. The van der Waals surface area contributed by atoms with Crippen LogP contribution in [0.25, 0.3) is 0 Å². The fourth-order valence-electron chi connectivity index (χ4n) is 2.99. The van der Waals surface area contributed by atoms with Crippen LogP contribution in [0.1, 0.15) is 12.5 Å². The first-order chi connectivity index (χ1) is 11.8. The van der Waals surface area contributed by atoms with Crippen molar-refractivity contribution < 1.29 is 4.79 Å². The molecule has 1 saturated heterocycles. The van der Waals surface area contributed by atoms with E-state index in [2.05, 4.69) is 31.6 Å². The van der Waals surface area contributed by atoms with E-state index in [1.807, 2.05) is 42.7 Å². The Hall–Kier alpha value is -2.34. The number of rotatable bonds is 6. The minimum absolute atomic E-state index is 0.0855. The van der Waals surface area contributed by atoms with Crippen LogP contribution in [0.4, 0.5) is 5.95 Å². The quantitative estimate of drug-likeness (QED) is 0.870. The lowest BCUT2D eigenvalue weighted by Gasteiger charge is -2.35. The summed E-state index contributed by atoms with van der Waals surface area (Å²) >= 11 is 0. The van der Waals surface area contributed by atoms with E-state index in [0.717, 1.165) is 44.2 Å². The molecule has 0 spiro atoms. The first-order valence-corrected chi connectivity index (χ1v) is 8.55. The van der Waals surface area contributed by atoms with Crippen molar-refractivity contribution in [2.45, 2.75) is 20.0 Å². The Morgan fingerprint density at radius 2 is 1.92 bits per heavy atom. The van der Waals surface area contributed by atoms with E-state index in [-0.39, 0.29) is 5.91 Å². The van der Waals surface area contributed by atoms with Gasteiger partial charge < -0.3 is 14.8 Å². The molecule has 24 heavy (non-hydrogen) atoms. The second-order valence-electron chi connectivity index (χ2n) is 6.04. The molecule has 1 fully saturated rings. The highest BCUT2D eigenvalue weighted by Crippen LogP contribution is 2.14. The summed E-state index contributed by atoms with van der Waals surface area (Å²) in [5, 5.41) is 2.99. The van der Waals surface area contributed by atoms with Crippen LogP contribution in [-0.4, -0.2) is 53.1 Å². The van der Waals surface area contributed by atoms with Gasteiger partial charge in [-0.05, 0) is 12.5 Å². The standard InChI is InChI=1S/C18H25N5O/c1-2-22-9-8-19-18(22)23-12-10-21(11-13-23)15-17(24)20-14-16-6-4-3-5-7-16/h3-9H,2,10-15H2,1H3,(H,20,24). The summed E-state index contributed by atoms with van der Waals surface area (Å²) in [5.41, 5.74) is 1.13. The van der Waals surface area contributed by atoms with Crippen molar-refractivity contribution in [3.8, 4) is 0 Å². The second kappa shape index (κ2) is 7.97. The van der Waals surface area contributed by atoms with E-state index in [9.17, 15) is 4.79 Å². The van der Waals surface area contributed by atoms with Gasteiger partial charge in [0.2, 0.25) is 11.9 Å². The van der Waals surface area contributed by atoms with Crippen LogP contribution in [0, 0.1) is 0 Å². The van der Waals surface area contributed by atoms with Gasteiger partial charge in [0.15, 0.2) is 0 Å². The number of aryl methyl sites for hydroxylation is 1. The Bertz CT molecular complexity index is 646. The number of anilines is 1. The zero-order valence-corrected chi connectivity index (χ0v) is 14.2. The maximum absolute atomic E-state index is 12.1. The fourth-order valence-corrected chi connectivity index (χ4v) is 2.99. The van der Waals surface area contributed by atoms with Crippen LogP contribution in [0.3, 0.4) is 0 Å². The van der Waals surface area contributed by atoms with E-state index in [1.54, 1.807) is 0 Å². The van der Waals surface area contributed by atoms with Crippen molar-refractivity contribution in [1.29, 1.82) is 0 Å². The summed E-state index contributed by atoms with van der Waals surface area (Å²) in [6, 6.07) is 10.0. The Kier molecular flexibility index (Phi) is 5.48. The van der Waals surface area contributed by atoms with Crippen LogP contribution in [0.5, 0.6) is 0 Å². The Morgan fingerprint density at radius 3 is 2.62 bits per heavy atom. The summed E-state index contributed by atoms with van der Waals surface area (Å²) in [6.45, 7) is 7.68. The molecular weight excluding hydrogens is 302 g/mol. The number of hydrogen-bond donors (Lipinski definition) is 1. The second-order valence-corrected chi connectivity index (χ2v) is 6.04. The van der Waals surface area contributed by atoms with Gasteiger partial charge in [0.05, 0.1) is 6.54 Å². The molecule has 1 aromatic carbocycles. The molecule has 0 atom stereocenters. The smallest absolute Gasteiger partial charge is 0.234 e. The van der Waals surface area contributed by atoms with Crippen molar-refractivity contribution in [3.63, 3.8) is 0 Å². The van der Waals surface area contributed by atoms with Gasteiger partial charge in [0.25, 0.3) is 0 Å². The fraction of sp³-hybridized carbons (Fsp3) is 0.444. The van der Waals surface area contributed by atoms with Gasteiger partial charge in [-0.3, -0.25) is 9.69 Å². The first-order valence-electron chi connectivity index (χ1n) is 8.55. The minimum Gasteiger partial charge on any atom is -0.351 e. The number of benzene rings is 1. The Balaban J connectivity index is 1.43. The summed E-state index contributed by atoms with van der Waals surface area (Å²) in [5.74, 6) is 1.12. The van der Waals surface area contributed by atoms with E-state index < -0.39 is 0 Å². The molecule has 0 bridgehead atoms. The summed E-state index contributed by atoms with van der Waals surface area (Å²) in [6.07, 6.45) is 3.86. The molecule has 0 aliphatic carbocycles. The summed E-state index contributed by atoms with van der Waals surface area (Å²) in [7, 11) is 0. The topological polar surface area (TPSA) is 53.4 Å². The van der Waals surface area contributed by atoms with Crippen LogP contribution < -0.4 is 10.2 Å². The summed E-state index contributed by atoms with van der Waals surface area (Å²) < 4.78 is 2.15. The number of piperazine rings is 1. The zero-order chi connectivity index (χ0) is 16.8. The molecule has 2 heterocycles. The molecule has 2 aromatic rings. The molecule has 1 aliphatic heterocycles. The van der Waals surface area contributed by atoms with E-state index in [4.69, 9.17) is 0 Å². The van der Waals surface area contributed by atoms with Crippen molar-refractivity contribution in [2.75, 3.05) is 37.6 Å². The highest BCUT2D eigenvalue weighted by molar-refractivity contribution is 5.78. The van der Waals surface area contributed by atoms with Gasteiger partial charge in [-0.2, -0.15) is 0 Å². The molecule has 6 nitrogen and oxygen atoms in total. The van der Waals surface area contributed by atoms with Gasteiger partial charge in [0.1, 0.15) is 0 Å². The lowest BCUT2D eigenvalue weighted by molar-refractivity contribution is -0.122. The molecule has 1 N–H and O–H groups in total. The van der Waals surface area contributed by atoms with Crippen LogP contribution in [0.15, 0.2) is 42.7 Å². The molecule has 128 valence electrons. The summed E-state index contributed by atoms with van der Waals surface area (Å²) in [4.78, 5) is 21.1. The van der Waals surface area contributed by atoms with Gasteiger partial charge in [-0.15, -0.1) is 0 Å². The molecule has 1 aliphatic rings. The first kappa shape index (κ1) is 16.5. The highest BCUT2D eigenvalue weighted by atomic mass is 16.2. The minimum atomic E-state index is 0.0855. The normalized spacial score (nSPS) is 15.5. The third kappa shape index (κ3) is 4.14. The number of carbonyl (C=O) groups excluding carboxylic acids is 1. The predicted octanol–water partition coefficient (Wildman–Crippen LogP) is 1.34. The number of aromatic nitrogens is 2. The number of carbonyl (C=O) groups is 1. The third-order valence-corrected chi connectivity index (χ3v) is 4.39. The van der Waals surface area contributed by atoms with Gasteiger partial charge in [-0.1, -0.05) is 30.3 Å². The van der Waals surface area contributed by atoms with E-state index in [0.29, 0.717) is 13.1 Å². The average Bonchev–Trinajstić information content (AvgIpc) is 3.10. The number of imidazole rings is 1. The van der Waals surface area contributed by atoms with Crippen molar-refractivity contribution in [2.24, 2.45) is 0 Å². The third-order valence-electron chi connectivity index (χ3n) is 4.39. The zero-order valence-electron chi connectivity index (χ0n) is 14.2. The molecule has 0 radical (unpaired) electrons. The molecule has 0 unspecified atom stereocenters. The van der Waals surface area contributed by atoms with E-state index >= 15 is 0 Å². The SMILES string of the molecule is CCn1ccnc1N1CCN(CC(=O)NCc2ccccc2)CC1. The lowest BCUT2D eigenvalue weighted by atomic mass is 10.2. The van der Waals surface area contributed by atoms with Crippen molar-refractivity contribution in [1.82, 2.24) is 19.8 Å². The molecular formula is C18H25N5O. The van der Waals surface area contributed by atoms with Crippen LogP contribution in [-0.2, 0) is 17.9 Å². The molecule has 3 rings (SSSR count). The van der Waals surface area contributed by atoms with Crippen LogP contribution >= 0.6 is 0 Å². The average molecular weight is 327 g/mol. The maximum atomic E-state index is 12.1. The van der Waals surface area contributed by atoms with Crippen LogP contribution in [0.2, 0.25) is 0 Å². The molecule has 1 aromatic heterocycles. The van der Waals surface area contributed by atoms with Gasteiger partial charge in [-0.25, -0.2) is 4.98 Å². The highest BCUT2D eigenvalue weighted by Gasteiger charge is 2.21. The van der Waals surface area contributed by atoms with Gasteiger partial charge >= 0.3 is 0 Å². The molecule has 1 amide bonds.